The van der Waals surface area contributed by atoms with Gasteiger partial charge < -0.3 is 14.6 Å². The van der Waals surface area contributed by atoms with E-state index in [0.29, 0.717) is 13.0 Å². The number of carbonyl (C=O) groups excluding carboxylic acids is 1. The molecule has 2 atom stereocenters. The number of hydrogen-bond acceptors (Lipinski definition) is 5. The van der Waals surface area contributed by atoms with E-state index >= 15 is 4.39 Å². The Morgan fingerprint density at radius 3 is 2.67 bits per heavy atom. The van der Waals surface area contributed by atoms with Crippen LogP contribution in [0.4, 0.5) is 4.39 Å². The summed E-state index contributed by atoms with van der Waals surface area (Å²) in [6.45, 7) is 0.582. The molecular formula is C22H31ClFNO5. The normalized spacial score (nSPS) is 21.5. The SMILES string of the molecule is COC(=O)CCCC/C=C/COC[C@@]1(F)C[C@@H](C(=O)O)N(Cc2ccccc2)C1.Cl. The van der Waals surface area contributed by atoms with Crippen molar-refractivity contribution < 1.29 is 28.6 Å². The maximum absolute atomic E-state index is 15.2. The van der Waals surface area contributed by atoms with Crippen molar-refractivity contribution in [3.05, 3.63) is 48.0 Å². The van der Waals surface area contributed by atoms with Gasteiger partial charge in [0.2, 0.25) is 0 Å². The Bertz CT molecular complexity index is 687. The number of alkyl halides is 1. The first-order chi connectivity index (χ1) is 13.9. The molecule has 0 spiro atoms. The van der Waals surface area contributed by atoms with Crippen LogP contribution in [-0.2, 0) is 25.6 Å². The third-order valence-corrected chi connectivity index (χ3v) is 4.97. The van der Waals surface area contributed by atoms with Crippen LogP contribution < -0.4 is 0 Å². The number of allylic oxidation sites excluding steroid dienone is 1. The predicted molar refractivity (Wildman–Crippen MR) is 114 cm³/mol. The lowest BCUT2D eigenvalue weighted by molar-refractivity contribution is -0.142. The molecule has 0 saturated carbocycles. The van der Waals surface area contributed by atoms with Crippen molar-refractivity contribution in [2.75, 3.05) is 26.9 Å². The molecule has 6 nitrogen and oxygen atoms in total. The number of unbranched alkanes of at least 4 members (excludes halogenated alkanes) is 2. The number of methoxy groups -OCH3 is 1. The molecular weight excluding hydrogens is 413 g/mol. The van der Waals surface area contributed by atoms with Crippen LogP contribution in [-0.4, -0.2) is 60.5 Å². The van der Waals surface area contributed by atoms with E-state index in [9.17, 15) is 14.7 Å². The fourth-order valence-electron chi connectivity index (χ4n) is 3.48. The first-order valence-corrected chi connectivity index (χ1v) is 9.93. The molecule has 0 aliphatic carbocycles. The van der Waals surface area contributed by atoms with Crippen LogP contribution in [0.15, 0.2) is 42.5 Å². The zero-order valence-electron chi connectivity index (χ0n) is 17.3. The van der Waals surface area contributed by atoms with Gasteiger partial charge >= 0.3 is 11.9 Å². The molecule has 1 fully saturated rings. The van der Waals surface area contributed by atoms with E-state index in [1.54, 1.807) is 4.90 Å². The highest BCUT2D eigenvalue weighted by molar-refractivity contribution is 5.85. The molecule has 1 aliphatic rings. The molecule has 168 valence electrons. The van der Waals surface area contributed by atoms with E-state index in [1.165, 1.54) is 7.11 Å². The van der Waals surface area contributed by atoms with Gasteiger partial charge in [-0.25, -0.2) is 4.39 Å². The van der Waals surface area contributed by atoms with Gasteiger partial charge in [0, 0.05) is 25.9 Å². The third-order valence-electron chi connectivity index (χ3n) is 4.97. The van der Waals surface area contributed by atoms with E-state index in [-0.39, 0.29) is 44.6 Å². The lowest BCUT2D eigenvalue weighted by Gasteiger charge is -2.22. The molecule has 0 unspecified atom stereocenters. The maximum atomic E-state index is 15.2. The summed E-state index contributed by atoms with van der Waals surface area (Å²) in [5, 5.41) is 9.47. The Hall–Kier alpha value is -1.96. The van der Waals surface area contributed by atoms with Crippen molar-refractivity contribution in [3.63, 3.8) is 0 Å². The molecule has 8 heteroatoms. The third kappa shape index (κ3) is 8.81. The quantitative estimate of drug-likeness (QED) is 0.301. The minimum Gasteiger partial charge on any atom is -0.480 e. The van der Waals surface area contributed by atoms with Gasteiger partial charge in [-0.2, -0.15) is 0 Å². The van der Waals surface area contributed by atoms with Gasteiger partial charge in [0.15, 0.2) is 0 Å². The van der Waals surface area contributed by atoms with Gasteiger partial charge in [-0.15, -0.1) is 12.4 Å². The number of carbonyl (C=O) groups is 2. The summed E-state index contributed by atoms with van der Waals surface area (Å²) < 4.78 is 25.2. The lowest BCUT2D eigenvalue weighted by atomic mass is 10.0. The highest BCUT2D eigenvalue weighted by Gasteiger charge is 2.47. The first-order valence-electron chi connectivity index (χ1n) is 9.93. The van der Waals surface area contributed by atoms with Crippen molar-refractivity contribution in [1.29, 1.82) is 0 Å². The maximum Gasteiger partial charge on any atom is 0.321 e. The Balaban J connectivity index is 0.00000450. The number of carboxylic acid groups (broad SMARTS) is 1. The number of esters is 1. The van der Waals surface area contributed by atoms with Crippen molar-refractivity contribution in [2.24, 2.45) is 0 Å². The number of benzene rings is 1. The van der Waals surface area contributed by atoms with Crippen LogP contribution >= 0.6 is 12.4 Å². The second-order valence-corrected chi connectivity index (χ2v) is 7.41. The molecule has 30 heavy (non-hydrogen) atoms. The van der Waals surface area contributed by atoms with Crippen LogP contribution in [0, 0.1) is 0 Å². The van der Waals surface area contributed by atoms with Crippen molar-refractivity contribution in [2.45, 2.75) is 50.4 Å². The van der Waals surface area contributed by atoms with Crippen LogP contribution in [0.5, 0.6) is 0 Å². The highest BCUT2D eigenvalue weighted by atomic mass is 35.5. The van der Waals surface area contributed by atoms with Crippen LogP contribution in [0.2, 0.25) is 0 Å². The van der Waals surface area contributed by atoms with Gasteiger partial charge in [0.25, 0.3) is 0 Å². The highest BCUT2D eigenvalue weighted by Crippen LogP contribution is 2.32. The molecule has 2 rings (SSSR count). The summed E-state index contributed by atoms with van der Waals surface area (Å²) in [5.74, 6) is -1.21. The Labute approximate surface area is 183 Å². The number of aliphatic carboxylic acids is 1. The van der Waals surface area contributed by atoms with Gasteiger partial charge in [-0.3, -0.25) is 14.5 Å². The molecule has 1 saturated heterocycles. The molecule has 0 radical (unpaired) electrons. The summed E-state index contributed by atoms with van der Waals surface area (Å²) >= 11 is 0. The molecule has 1 N–H and O–H groups in total. The first kappa shape index (κ1) is 26.1. The average molecular weight is 444 g/mol. The van der Waals surface area contributed by atoms with Crippen molar-refractivity contribution in [1.82, 2.24) is 4.90 Å². The lowest BCUT2D eigenvalue weighted by Crippen LogP contribution is -2.36. The van der Waals surface area contributed by atoms with Crippen LogP contribution in [0.1, 0.15) is 37.7 Å². The largest absolute Gasteiger partial charge is 0.480 e. The Morgan fingerprint density at radius 1 is 1.27 bits per heavy atom. The number of carboxylic acids is 1. The fraction of sp³-hybridized carbons (Fsp3) is 0.545. The fourth-order valence-corrected chi connectivity index (χ4v) is 3.48. The van der Waals surface area contributed by atoms with Crippen LogP contribution in [0.3, 0.4) is 0 Å². The van der Waals surface area contributed by atoms with Gasteiger partial charge in [-0.05, 0) is 24.8 Å². The number of ether oxygens (including phenoxy) is 2. The van der Waals surface area contributed by atoms with E-state index in [1.807, 2.05) is 42.5 Å². The van der Waals surface area contributed by atoms with Gasteiger partial charge in [-0.1, -0.05) is 42.5 Å². The summed E-state index contributed by atoms with van der Waals surface area (Å²) in [5.41, 5.74) is -0.717. The summed E-state index contributed by atoms with van der Waals surface area (Å²) in [6, 6.07) is 8.62. The number of hydrogen-bond donors (Lipinski definition) is 1. The molecule has 1 heterocycles. The van der Waals surface area contributed by atoms with E-state index < -0.39 is 17.7 Å². The molecule has 1 aromatic rings. The molecule has 1 aromatic carbocycles. The second kappa shape index (κ2) is 13.4. The molecule has 0 aromatic heterocycles. The van der Waals surface area contributed by atoms with E-state index in [4.69, 9.17) is 4.74 Å². The standard InChI is InChI=1S/C22H30FNO5.ClH/c1-28-20(25)12-8-3-2-4-9-13-29-17-22(23)14-19(21(26)27)24(16-22)15-18-10-6-5-7-11-18;/h4-7,9-11,19H,2-3,8,12-17H2,1H3,(H,26,27);1H/b9-4+;/t19-,22+;/m0./s1. The molecule has 1 aliphatic heterocycles. The van der Waals surface area contributed by atoms with E-state index in [0.717, 1.165) is 24.8 Å². The number of likely N-dealkylation sites (tertiary alicyclic amines) is 1. The summed E-state index contributed by atoms with van der Waals surface area (Å²) in [7, 11) is 1.38. The Kier molecular flexibility index (Phi) is 11.6. The zero-order chi connectivity index (χ0) is 21.1. The monoisotopic (exact) mass is 443 g/mol. The smallest absolute Gasteiger partial charge is 0.321 e. The van der Waals surface area contributed by atoms with E-state index in [2.05, 4.69) is 4.74 Å². The predicted octanol–water partition coefficient (Wildman–Crippen LogP) is 3.78. The van der Waals surface area contributed by atoms with Crippen LogP contribution in [0.25, 0.3) is 0 Å². The number of rotatable bonds is 12. The molecule has 0 amide bonds. The van der Waals surface area contributed by atoms with Gasteiger partial charge in [0.05, 0.1) is 20.3 Å². The minimum absolute atomic E-state index is 0. The van der Waals surface area contributed by atoms with Crippen molar-refractivity contribution >= 4 is 24.3 Å². The summed E-state index contributed by atoms with van der Waals surface area (Å²) in [6.07, 6.45) is 6.55. The topological polar surface area (TPSA) is 76.1 Å². The number of halogens is 2. The summed E-state index contributed by atoms with van der Waals surface area (Å²) in [4.78, 5) is 24.2. The van der Waals surface area contributed by atoms with Gasteiger partial charge in [0.1, 0.15) is 11.7 Å². The second-order valence-electron chi connectivity index (χ2n) is 7.41. The number of nitrogens with zero attached hydrogens (tertiary/aromatic N) is 1. The Morgan fingerprint density at radius 2 is 2.00 bits per heavy atom. The molecule has 0 bridgehead atoms. The average Bonchev–Trinajstić information content (AvgIpc) is 3.04. The minimum atomic E-state index is -1.67. The zero-order valence-corrected chi connectivity index (χ0v) is 18.1. The van der Waals surface area contributed by atoms with Crippen molar-refractivity contribution in [3.8, 4) is 0 Å².